The number of hydrogen-bond donors (Lipinski definition) is 1. The Bertz CT molecular complexity index is 2920. The summed E-state index contributed by atoms with van der Waals surface area (Å²) in [6.45, 7) is 0. The molecule has 1 N–H and O–H groups in total. The smallest absolute Gasteiger partial charge is 0.145 e. The molecule has 10 aromatic rings. The molecule has 1 aliphatic heterocycles. The normalized spacial score (nSPS) is 14.2. The first-order chi connectivity index (χ1) is 25.3. The molecule has 240 valence electrons. The predicted molar refractivity (Wildman–Crippen MR) is 215 cm³/mol. The SMILES string of the molecule is c1ccc(-c2ccc3cc(-c4cc5c(c6c4oc4ccccc46)NC(c4ccc(-n6c7ccccc7c7ccccc76)cc4)S5)ccc3c2)cc1. The van der Waals surface area contributed by atoms with Gasteiger partial charge in [-0.15, -0.1) is 0 Å². The van der Waals surface area contributed by atoms with Gasteiger partial charge in [-0.05, 0) is 81.6 Å². The maximum Gasteiger partial charge on any atom is 0.145 e. The lowest BCUT2D eigenvalue weighted by molar-refractivity contribution is 0.670. The van der Waals surface area contributed by atoms with E-state index in [0.29, 0.717) is 0 Å². The van der Waals surface area contributed by atoms with Gasteiger partial charge in [0.1, 0.15) is 16.5 Å². The molecule has 1 aliphatic rings. The highest BCUT2D eigenvalue weighted by molar-refractivity contribution is 8.00. The first-order valence-electron chi connectivity index (χ1n) is 17.4. The van der Waals surface area contributed by atoms with Gasteiger partial charge in [0.15, 0.2) is 0 Å². The fourth-order valence-corrected chi connectivity index (χ4v) is 9.18. The number of nitrogens with zero attached hydrogens (tertiary/aromatic N) is 1. The van der Waals surface area contributed by atoms with E-state index in [1.165, 1.54) is 54.2 Å². The van der Waals surface area contributed by atoms with E-state index in [1.807, 2.05) is 11.8 Å². The van der Waals surface area contributed by atoms with Crippen molar-refractivity contribution < 1.29 is 4.42 Å². The summed E-state index contributed by atoms with van der Waals surface area (Å²) in [4.78, 5) is 1.24. The van der Waals surface area contributed by atoms with Crippen molar-refractivity contribution in [2.24, 2.45) is 0 Å². The molecule has 1 atom stereocenters. The highest BCUT2D eigenvalue weighted by Crippen LogP contribution is 2.54. The minimum atomic E-state index is 0.0762. The van der Waals surface area contributed by atoms with Crippen LogP contribution >= 0.6 is 11.8 Å². The van der Waals surface area contributed by atoms with Crippen LogP contribution in [0.15, 0.2) is 179 Å². The van der Waals surface area contributed by atoms with Crippen molar-refractivity contribution in [3.05, 3.63) is 175 Å². The first kappa shape index (κ1) is 28.6. The van der Waals surface area contributed by atoms with Gasteiger partial charge in [0.05, 0.1) is 22.1 Å². The van der Waals surface area contributed by atoms with Crippen molar-refractivity contribution in [1.82, 2.24) is 4.57 Å². The standard InChI is InChI=1S/C47H30N2OS/c1-2-10-29(11-3-1)31-18-19-33-27-34(21-20-32(33)26-31)39-28-43-45(44-38-14-6-9-17-42(38)50-46(39)44)48-47(51-43)30-22-24-35(25-23-30)49-40-15-7-4-12-36(40)37-13-5-8-16-41(37)49/h1-28,47-48H. The van der Waals surface area contributed by atoms with Gasteiger partial charge in [0, 0.05) is 32.3 Å². The maximum atomic E-state index is 6.67. The lowest BCUT2D eigenvalue weighted by Crippen LogP contribution is -2.02. The van der Waals surface area contributed by atoms with E-state index < -0.39 is 0 Å². The minimum absolute atomic E-state index is 0.0762. The zero-order chi connectivity index (χ0) is 33.5. The summed E-state index contributed by atoms with van der Waals surface area (Å²) >= 11 is 1.88. The number of benzene rings is 8. The molecular weight excluding hydrogens is 641 g/mol. The number of hydrogen-bond acceptors (Lipinski definition) is 3. The predicted octanol–water partition coefficient (Wildman–Crippen LogP) is 13.4. The Labute approximate surface area is 298 Å². The molecule has 0 radical (unpaired) electrons. The number of thioether (sulfide) groups is 1. The number of aromatic nitrogens is 1. The van der Waals surface area contributed by atoms with Crippen LogP contribution in [0.2, 0.25) is 0 Å². The number of nitrogens with one attached hydrogen (secondary N) is 1. The van der Waals surface area contributed by atoms with Crippen LogP contribution in [0.4, 0.5) is 5.69 Å². The van der Waals surface area contributed by atoms with Crippen LogP contribution < -0.4 is 5.32 Å². The molecule has 0 spiro atoms. The van der Waals surface area contributed by atoms with Crippen LogP contribution in [-0.4, -0.2) is 4.57 Å². The molecule has 3 nitrogen and oxygen atoms in total. The van der Waals surface area contributed by atoms with Gasteiger partial charge in [-0.1, -0.05) is 133 Å². The molecule has 11 rings (SSSR count). The highest BCUT2D eigenvalue weighted by Gasteiger charge is 2.29. The van der Waals surface area contributed by atoms with E-state index in [1.54, 1.807) is 0 Å². The number of fused-ring (bicyclic) bond motifs is 9. The zero-order valence-corrected chi connectivity index (χ0v) is 28.3. The topological polar surface area (TPSA) is 30.1 Å². The monoisotopic (exact) mass is 670 g/mol. The van der Waals surface area contributed by atoms with E-state index in [0.717, 1.165) is 44.4 Å². The summed E-state index contributed by atoms with van der Waals surface area (Å²) in [6.07, 6.45) is 0. The third-order valence-electron chi connectivity index (χ3n) is 10.4. The third kappa shape index (κ3) is 4.47. The molecule has 1 unspecified atom stereocenters. The number of rotatable bonds is 4. The Morgan fingerprint density at radius 2 is 1.16 bits per heavy atom. The minimum Gasteiger partial charge on any atom is -0.455 e. The average molecular weight is 671 g/mol. The number of furan rings is 1. The molecule has 8 aromatic carbocycles. The van der Waals surface area contributed by atoms with Gasteiger partial charge in [-0.25, -0.2) is 0 Å². The first-order valence-corrected chi connectivity index (χ1v) is 18.2. The van der Waals surface area contributed by atoms with Gasteiger partial charge in [-0.2, -0.15) is 0 Å². The maximum absolute atomic E-state index is 6.67. The highest BCUT2D eigenvalue weighted by atomic mass is 32.2. The molecule has 0 bridgehead atoms. The van der Waals surface area contributed by atoms with Crippen molar-refractivity contribution in [2.45, 2.75) is 10.3 Å². The molecule has 51 heavy (non-hydrogen) atoms. The van der Waals surface area contributed by atoms with E-state index >= 15 is 0 Å². The Kier molecular flexibility index (Phi) is 6.25. The van der Waals surface area contributed by atoms with E-state index in [-0.39, 0.29) is 5.37 Å². The van der Waals surface area contributed by atoms with Crippen molar-refractivity contribution in [3.8, 4) is 27.9 Å². The summed E-state index contributed by atoms with van der Waals surface area (Å²) in [6, 6.07) is 61.2. The van der Waals surface area contributed by atoms with Crippen LogP contribution in [-0.2, 0) is 0 Å². The molecule has 0 saturated carbocycles. The molecule has 0 saturated heterocycles. The van der Waals surface area contributed by atoms with Crippen LogP contribution in [0.1, 0.15) is 10.9 Å². The fourth-order valence-electron chi connectivity index (χ4n) is 7.99. The lowest BCUT2D eigenvalue weighted by Gasteiger charge is -2.13. The summed E-state index contributed by atoms with van der Waals surface area (Å²) < 4.78 is 9.04. The van der Waals surface area contributed by atoms with E-state index in [2.05, 4.69) is 180 Å². The van der Waals surface area contributed by atoms with E-state index in [4.69, 9.17) is 4.42 Å². The van der Waals surface area contributed by atoms with Crippen LogP contribution in [0.25, 0.3) is 82.5 Å². The van der Waals surface area contributed by atoms with Crippen LogP contribution in [0.3, 0.4) is 0 Å². The Morgan fingerprint density at radius 3 is 1.90 bits per heavy atom. The van der Waals surface area contributed by atoms with Gasteiger partial charge >= 0.3 is 0 Å². The molecule has 0 aliphatic carbocycles. The van der Waals surface area contributed by atoms with Crippen LogP contribution in [0, 0.1) is 0 Å². The van der Waals surface area contributed by atoms with E-state index in [9.17, 15) is 0 Å². The van der Waals surface area contributed by atoms with Gasteiger partial charge in [0.25, 0.3) is 0 Å². The molecule has 0 amide bonds. The van der Waals surface area contributed by atoms with Crippen molar-refractivity contribution in [3.63, 3.8) is 0 Å². The second-order valence-electron chi connectivity index (χ2n) is 13.3. The molecule has 0 fully saturated rings. The Balaban J connectivity index is 0.993. The number of para-hydroxylation sites is 3. The molecular formula is C47H30N2OS. The molecule has 3 heterocycles. The number of anilines is 1. The molecule has 4 heteroatoms. The Morgan fingerprint density at radius 1 is 0.529 bits per heavy atom. The summed E-state index contributed by atoms with van der Waals surface area (Å²) in [7, 11) is 0. The van der Waals surface area contributed by atoms with Crippen molar-refractivity contribution in [2.75, 3.05) is 5.32 Å². The van der Waals surface area contributed by atoms with Gasteiger partial charge < -0.3 is 14.3 Å². The summed E-state index contributed by atoms with van der Waals surface area (Å²) in [5, 5.41) is 11.3. The Hall–Kier alpha value is -6.23. The molecule has 2 aromatic heterocycles. The summed E-state index contributed by atoms with van der Waals surface area (Å²) in [5.41, 5.74) is 12.5. The largest absolute Gasteiger partial charge is 0.455 e. The van der Waals surface area contributed by atoms with Crippen molar-refractivity contribution >= 4 is 72.0 Å². The third-order valence-corrected chi connectivity index (χ3v) is 11.6. The second-order valence-corrected chi connectivity index (χ2v) is 14.5. The van der Waals surface area contributed by atoms with Gasteiger partial charge in [0.2, 0.25) is 0 Å². The van der Waals surface area contributed by atoms with Crippen molar-refractivity contribution in [1.29, 1.82) is 0 Å². The fraction of sp³-hybridized carbons (Fsp3) is 0.0213. The zero-order valence-electron chi connectivity index (χ0n) is 27.5. The second kappa shape index (κ2) is 11.1. The summed E-state index contributed by atoms with van der Waals surface area (Å²) in [5.74, 6) is 0. The van der Waals surface area contributed by atoms with Crippen LogP contribution in [0.5, 0.6) is 0 Å². The van der Waals surface area contributed by atoms with Gasteiger partial charge in [-0.3, -0.25) is 0 Å². The average Bonchev–Trinajstić information content (AvgIpc) is 3.90. The lowest BCUT2D eigenvalue weighted by atomic mass is 9.96. The quantitative estimate of drug-likeness (QED) is 0.202.